The maximum absolute atomic E-state index is 12.8. The highest BCUT2D eigenvalue weighted by Gasteiger charge is 2.30. The first kappa shape index (κ1) is 21.4. The first-order valence-electron chi connectivity index (χ1n) is 10.9. The van der Waals surface area contributed by atoms with Crippen LogP contribution in [-0.2, 0) is 11.3 Å². The summed E-state index contributed by atoms with van der Waals surface area (Å²) in [6, 6.07) is 8.10. The molecule has 2 aliphatic heterocycles. The van der Waals surface area contributed by atoms with Crippen molar-refractivity contribution in [2.24, 2.45) is 0 Å². The van der Waals surface area contributed by atoms with Gasteiger partial charge in [0.2, 0.25) is 0 Å². The topological polar surface area (TPSA) is 87.9 Å². The molecule has 0 atom stereocenters. The van der Waals surface area contributed by atoms with E-state index in [9.17, 15) is 9.59 Å². The summed E-state index contributed by atoms with van der Waals surface area (Å²) in [7, 11) is 0. The number of hydrogen-bond acceptors (Lipinski definition) is 5. The third-order valence-electron chi connectivity index (χ3n) is 6.01. The van der Waals surface area contributed by atoms with Crippen LogP contribution in [0.25, 0.3) is 0 Å². The van der Waals surface area contributed by atoms with E-state index in [1.165, 1.54) is 5.56 Å². The van der Waals surface area contributed by atoms with Crippen LogP contribution in [0.5, 0.6) is 0 Å². The van der Waals surface area contributed by atoms with Crippen LogP contribution >= 0.6 is 0 Å². The van der Waals surface area contributed by atoms with Crippen molar-refractivity contribution in [2.45, 2.75) is 39.2 Å². The Balaban J connectivity index is 1.29. The summed E-state index contributed by atoms with van der Waals surface area (Å²) in [6.07, 6.45) is 1.53. The van der Waals surface area contributed by atoms with Gasteiger partial charge in [0, 0.05) is 38.6 Å². The zero-order chi connectivity index (χ0) is 21.8. The molecule has 31 heavy (non-hydrogen) atoms. The predicted molar refractivity (Wildman–Crippen MR) is 115 cm³/mol. The van der Waals surface area contributed by atoms with Gasteiger partial charge in [-0.1, -0.05) is 29.8 Å². The molecule has 1 aromatic carbocycles. The molecule has 2 fully saturated rings. The molecule has 2 aliphatic rings. The summed E-state index contributed by atoms with van der Waals surface area (Å²) in [5, 5.41) is 2.99. The van der Waals surface area contributed by atoms with E-state index in [2.05, 4.69) is 10.3 Å². The number of morpholine rings is 1. The Morgan fingerprint density at radius 1 is 1.03 bits per heavy atom. The summed E-state index contributed by atoms with van der Waals surface area (Å²) in [5.41, 5.74) is 2.69. The fraction of sp³-hybridized carbons (Fsp3) is 0.522. The third-order valence-corrected chi connectivity index (χ3v) is 6.01. The van der Waals surface area contributed by atoms with E-state index in [4.69, 9.17) is 9.15 Å². The van der Waals surface area contributed by atoms with E-state index in [0.29, 0.717) is 63.3 Å². The molecule has 1 aromatic heterocycles. The van der Waals surface area contributed by atoms with Crippen molar-refractivity contribution < 1.29 is 18.7 Å². The number of carbonyl (C=O) groups is 2. The van der Waals surface area contributed by atoms with Gasteiger partial charge in [-0.25, -0.2) is 9.78 Å². The summed E-state index contributed by atoms with van der Waals surface area (Å²) in [4.78, 5) is 33.4. The zero-order valence-corrected chi connectivity index (χ0v) is 18.2. The van der Waals surface area contributed by atoms with Crippen molar-refractivity contribution in [3.05, 3.63) is 52.7 Å². The van der Waals surface area contributed by atoms with Crippen LogP contribution in [0.4, 0.5) is 4.79 Å². The Bertz CT molecular complexity index is 910. The lowest BCUT2D eigenvalue weighted by Crippen LogP contribution is -2.43. The van der Waals surface area contributed by atoms with E-state index >= 15 is 0 Å². The summed E-state index contributed by atoms with van der Waals surface area (Å²) in [6.45, 7) is 7.90. The first-order chi connectivity index (χ1) is 15.0. The molecule has 166 valence electrons. The SMILES string of the molecule is Cc1ccc(CNC(=O)N2CCC(c3nc(C(=O)N4CCOCC4)c(C)o3)CC2)cc1. The molecule has 1 N–H and O–H groups in total. The molecular weight excluding hydrogens is 396 g/mol. The lowest BCUT2D eigenvalue weighted by Gasteiger charge is -2.30. The van der Waals surface area contributed by atoms with Crippen molar-refractivity contribution in [1.29, 1.82) is 0 Å². The monoisotopic (exact) mass is 426 g/mol. The highest BCUT2D eigenvalue weighted by molar-refractivity contribution is 5.93. The van der Waals surface area contributed by atoms with Crippen molar-refractivity contribution in [3.63, 3.8) is 0 Å². The van der Waals surface area contributed by atoms with Gasteiger partial charge in [0.1, 0.15) is 5.76 Å². The number of nitrogens with zero attached hydrogens (tertiary/aromatic N) is 3. The number of urea groups is 1. The average molecular weight is 427 g/mol. The Morgan fingerprint density at radius 3 is 2.39 bits per heavy atom. The number of likely N-dealkylation sites (tertiary alicyclic amines) is 1. The second kappa shape index (κ2) is 9.51. The van der Waals surface area contributed by atoms with Crippen LogP contribution in [0, 0.1) is 13.8 Å². The number of aryl methyl sites for hydroxylation is 2. The van der Waals surface area contributed by atoms with Gasteiger partial charge < -0.3 is 24.3 Å². The lowest BCUT2D eigenvalue weighted by molar-refractivity contribution is 0.0298. The molecule has 0 bridgehead atoms. The maximum Gasteiger partial charge on any atom is 0.317 e. The van der Waals surface area contributed by atoms with Crippen LogP contribution in [0.2, 0.25) is 0 Å². The summed E-state index contributed by atoms with van der Waals surface area (Å²) >= 11 is 0. The quantitative estimate of drug-likeness (QED) is 0.812. The highest BCUT2D eigenvalue weighted by atomic mass is 16.5. The molecule has 0 radical (unpaired) electrons. The zero-order valence-electron chi connectivity index (χ0n) is 18.2. The van der Waals surface area contributed by atoms with Crippen molar-refractivity contribution in [3.8, 4) is 0 Å². The fourth-order valence-corrected chi connectivity index (χ4v) is 4.03. The number of aromatic nitrogens is 1. The van der Waals surface area contributed by atoms with Gasteiger partial charge in [0.15, 0.2) is 11.6 Å². The van der Waals surface area contributed by atoms with Gasteiger partial charge >= 0.3 is 6.03 Å². The van der Waals surface area contributed by atoms with Gasteiger partial charge in [-0.2, -0.15) is 0 Å². The molecule has 8 nitrogen and oxygen atoms in total. The van der Waals surface area contributed by atoms with Crippen LogP contribution < -0.4 is 5.32 Å². The minimum atomic E-state index is -0.0938. The summed E-state index contributed by atoms with van der Waals surface area (Å²) < 4.78 is 11.2. The molecule has 2 aromatic rings. The average Bonchev–Trinajstić information content (AvgIpc) is 3.20. The second-order valence-electron chi connectivity index (χ2n) is 8.27. The van der Waals surface area contributed by atoms with Gasteiger partial charge in [-0.15, -0.1) is 0 Å². The Morgan fingerprint density at radius 2 is 1.71 bits per heavy atom. The minimum Gasteiger partial charge on any atom is -0.445 e. The van der Waals surface area contributed by atoms with Gasteiger partial charge in [-0.3, -0.25) is 4.79 Å². The predicted octanol–water partition coefficient (Wildman–Crippen LogP) is 2.85. The fourth-order valence-electron chi connectivity index (χ4n) is 4.03. The number of benzene rings is 1. The highest BCUT2D eigenvalue weighted by Crippen LogP contribution is 2.29. The van der Waals surface area contributed by atoms with E-state index in [0.717, 1.165) is 18.4 Å². The van der Waals surface area contributed by atoms with Gasteiger partial charge in [-0.05, 0) is 32.3 Å². The molecule has 4 rings (SSSR count). The molecular formula is C23H30N4O4. The lowest BCUT2D eigenvalue weighted by atomic mass is 9.97. The third kappa shape index (κ3) is 5.07. The second-order valence-corrected chi connectivity index (χ2v) is 8.27. The Hall–Kier alpha value is -2.87. The number of carbonyl (C=O) groups excluding carboxylic acids is 2. The molecule has 0 unspecified atom stereocenters. The first-order valence-corrected chi connectivity index (χ1v) is 10.9. The van der Waals surface area contributed by atoms with E-state index < -0.39 is 0 Å². The van der Waals surface area contributed by atoms with Crippen molar-refractivity contribution in [1.82, 2.24) is 20.1 Å². The molecule has 2 saturated heterocycles. The maximum atomic E-state index is 12.8. The van der Waals surface area contributed by atoms with Crippen LogP contribution in [0.1, 0.15) is 52.0 Å². The molecule has 0 aliphatic carbocycles. The van der Waals surface area contributed by atoms with E-state index in [1.807, 2.05) is 36.1 Å². The molecule has 0 saturated carbocycles. The van der Waals surface area contributed by atoms with Crippen LogP contribution in [0.15, 0.2) is 28.7 Å². The van der Waals surface area contributed by atoms with E-state index in [-0.39, 0.29) is 17.9 Å². The number of piperidine rings is 1. The molecule has 8 heteroatoms. The number of amides is 3. The van der Waals surface area contributed by atoms with Gasteiger partial charge in [0.25, 0.3) is 5.91 Å². The standard InChI is InChI=1S/C23H30N4O4/c1-16-3-5-18(6-4-16)15-24-23(29)27-9-7-19(8-10-27)21-25-20(17(2)31-21)22(28)26-11-13-30-14-12-26/h3-6,19H,7-15H2,1-2H3,(H,24,29). The van der Waals surface area contributed by atoms with Crippen molar-refractivity contribution in [2.75, 3.05) is 39.4 Å². The number of hydrogen-bond donors (Lipinski definition) is 1. The summed E-state index contributed by atoms with van der Waals surface area (Å²) in [5.74, 6) is 1.19. The number of nitrogens with one attached hydrogen (secondary N) is 1. The molecule has 0 spiro atoms. The molecule has 3 heterocycles. The van der Waals surface area contributed by atoms with E-state index in [1.54, 1.807) is 11.8 Å². The van der Waals surface area contributed by atoms with Crippen molar-refractivity contribution >= 4 is 11.9 Å². The van der Waals surface area contributed by atoms with Gasteiger partial charge in [0.05, 0.1) is 13.2 Å². The normalized spacial score (nSPS) is 17.6. The minimum absolute atomic E-state index is 0.0502. The van der Waals surface area contributed by atoms with Crippen LogP contribution in [0.3, 0.4) is 0 Å². The number of oxazole rings is 1. The number of ether oxygens (including phenoxy) is 1. The Labute approximate surface area is 182 Å². The Kier molecular flexibility index (Phi) is 6.56. The largest absolute Gasteiger partial charge is 0.445 e. The smallest absolute Gasteiger partial charge is 0.317 e. The van der Waals surface area contributed by atoms with Crippen LogP contribution in [-0.4, -0.2) is 66.1 Å². The number of rotatable bonds is 4. The molecule has 3 amide bonds.